The zero-order chi connectivity index (χ0) is 28.1. The molecule has 0 spiro atoms. The Balaban J connectivity index is 1.25. The molecule has 7 rings (SSSR count). The van der Waals surface area contributed by atoms with Crippen molar-refractivity contribution < 1.29 is 0 Å². The fourth-order valence-corrected chi connectivity index (χ4v) is 5.04. The molecule has 2 heterocycles. The summed E-state index contributed by atoms with van der Waals surface area (Å²) in [7, 11) is 0. The summed E-state index contributed by atoms with van der Waals surface area (Å²) >= 11 is 0. The van der Waals surface area contributed by atoms with E-state index in [2.05, 4.69) is 83.8 Å². The van der Waals surface area contributed by atoms with Gasteiger partial charge >= 0.3 is 0 Å². The van der Waals surface area contributed by atoms with Crippen LogP contribution < -0.4 is 0 Å². The monoisotopic (exact) mass is 538 g/mol. The fourth-order valence-electron chi connectivity index (χ4n) is 5.04. The fraction of sp³-hybridized carbons (Fsp3) is 0. The highest BCUT2D eigenvalue weighted by Gasteiger charge is 2.13. The molecule has 0 saturated carbocycles. The van der Waals surface area contributed by atoms with Crippen molar-refractivity contribution in [3.05, 3.63) is 158 Å². The number of benzene rings is 5. The van der Waals surface area contributed by atoms with E-state index in [-0.39, 0.29) is 0 Å². The quantitative estimate of drug-likeness (QED) is 0.212. The number of hydrogen-bond donors (Lipinski definition) is 0. The molecule has 0 amide bonds. The summed E-state index contributed by atoms with van der Waals surface area (Å²) in [6.45, 7) is 0. The molecule has 0 fully saturated rings. The average Bonchev–Trinajstić information content (AvgIpc) is 3.09. The number of nitrogens with zero attached hydrogens (tertiary/aromatic N) is 4. The van der Waals surface area contributed by atoms with Gasteiger partial charge in [0.1, 0.15) is 0 Å². The highest BCUT2D eigenvalue weighted by atomic mass is 15.0. The molecule has 0 N–H and O–H groups in total. The second-order valence-corrected chi connectivity index (χ2v) is 10.0. The average molecular weight is 539 g/mol. The van der Waals surface area contributed by atoms with Crippen LogP contribution in [0.25, 0.3) is 67.5 Å². The van der Waals surface area contributed by atoms with Crippen molar-refractivity contribution in [1.82, 2.24) is 19.9 Å². The van der Waals surface area contributed by atoms with Crippen molar-refractivity contribution in [1.29, 1.82) is 0 Å². The third-order valence-corrected chi connectivity index (χ3v) is 7.23. The van der Waals surface area contributed by atoms with Crippen LogP contribution in [0, 0.1) is 0 Å². The smallest absolute Gasteiger partial charge is 0.164 e. The second-order valence-electron chi connectivity index (χ2n) is 10.0. The van der Waals surface area contributed by atoms with E-state index < -0.39 is 0 Å². The highest BCUT2D eigenvalue weighted by molar-refractivity contribution is 5.77. The van der Waals surface area contributed by atoms with Crippen molar-refractivity contribution >= 4 is 0 Å². The molecule has 0 unspecified atom stereocenters. The molecule has 0 aliphatic rings. The maximum Gasteiger partial charge on any atom is 0.164 e. The molecule has 7 aromatic rings. The Labute approximate surface area is 245 Å². The summed E-state index contributed by atoms with van der Waals surface area (Å²) in [5.41, 5.74) is 9.67. The minimum Gasteiger partial charge on any atom is -0.264 e. The molecule has 198 valence electrons. The summed E-state index contributed by atoms with van der Waals surface area (Å²) in [4.78, 5) is 18.9. The first-order valence-corrected chi connectivity index (χ1v) is 13.9. The molecule has 0 atom stereocenters. The van der Waals surface area contributed by atoms with Gasteiger partial charge in [0.25, 0.3) is 0 Å². The Kier molecular flexibility index (Phi) is 6.85. The van der Waals surface area contributed by atoms with E-state index in [0.717, 1.165) is 50.1 Å². The van der Waals surface area contributed by atoms with Gasteiger partial charge in [0, 0.05) is 29.1 Å². The van der Waals surface area contributed by atoms with Gasteiger partial charge in [-0.05, 0) is 51.6 Å². The molecular weight excluding hydrogens is 512 g/mol. The molecule has 2 aromatic heterocycles. The minimum atomic E-state index is 0.645. The Hall–Kier alpha value is -5.74. The Morgan fingerprint density at radius 2 is 0.690 bits per heavy atom. The summed E-state index contributed by atoms with van der Waals surface area (Å²) in [6, 6.07) is 49.8. The Bertz CT molecular complexity index is 1900. The van der Waals surface area contributed by atoms with Gasteiger partial charge in [0.05, 0.1) is 0 Å². The first-order valence-electron chi connectivity index (χ1n) is 13.9. The topological polar surface area (TPSA) is 51.6 Å². The number of pyridine rings is 1. The summed E-state index contributed by atoms with van der Waals surface area (Å²) in [5.74, 6) is 1.95. The normalized spacial score (nSPS) is 10.9. The molecular formula is C38H26N4. The van der Waals surface area contributed by atoms with Crippen molar-refractivity contribution in [2.45, 2.75) is 0 Å². The maximum absolute atomic E-state index is 4.91. The van der Waals surface area contributed by atoms with Gasteiger partial charge in [-0.25, -0.2) is 15.0 Å². The standard InChI is InChI=1S/C38H26N4/c1-3-10-29(11-4-1)36-40-37(30-12-5-2-6-13-30)42-38(41-36)34-17-8-16-33(25-34)32-15-7-14-31(24-32)27-19-21-28(22-20-27)35-18-9-23-39-26-35/h1-26H. The molecule has 0 aliphatic heterocycles. The van der Waals surface area contributed by atoms with Crippen LogP contribution in [-0.2, 0) is 0 Å². The molecule has 4 nitrogen and oxygen atoms in total. The van der Waals surface area contributed by atoms with Gasteiger partial charge in [0.2, 0.25) is 0 Å². The van der Waals surface area contributed by atoms with Crippen LogP contribution in [0.5, 0.6) is 0 Å². The summed E-state index contributed by atoms with van der Waals surface area (Å²) in [6.07, 6.45) is 3.68. The van der Waals surface area contributed by atoms with Crippen molar-refractivity contribution in [2.75, 3.05) is 0 Å². The van der Waals surface area contributed by atoms with E-state index in [1.54, 1.807) is 6.20 Å². The lowest BCUT2D eigenvalue weighted by molar-refractivity contribution is 1.07. The lowest BCUT2D eigenvalue weighted by atomic mass is 9.96. The highest BCUT2D eigenvalue weighted by Crippen LogP contribution is 2.31. The van der Waals surface area contributed by atoms with Crippen LogP contribution in [0.3, 0.4) is 0 Å². The van der Waals surface area contributed by atoms with Crippen molar-refractivity contribution in [2.24, 2.45) is 0 Å². The van der Waals surface area contributed by atoms with E-state index >= 15 is 0 Å². The van der Waals surface area contributed by atoms with E-state index in [1.165, 1.54) is 0 Å². The number of rotatable bonds is 6. The SMILES string of the molecule is c1ccc(-c2nc(-c3ccccc3)nc(-c3cccc(-c4cccc(-c5ccc(-c6cccnc6)cc5)c4)c3)n2)cc1. The van der Waals surface area contributed by atoms with Crippen LogP contribution in [0.1, 0.15) is 0 Å². The van der Waals surface area contributed by atoms with Gasteiger partial charge in [-0.3, -0.25) is 4.98 Å². The molecule has 0 radical (unpaired) electrons. The van der Waals surface area contributed by atoms with Crippen LogP contribution in [-0.4, -0.2) is 19.9 Å². The largest absolute Gasteiger partial charge is 0.264 e. The molecule has 42 heavy (non-hydrogen) atoms. The van der Waals surface area contributed by atoms with E-state index in [1.807, 2.05) is 72.9 Å². The molecule has 5 aromatic carbocycles. The zero-order valence-corrected chi connectivity index (χ0v) is 22.8. The van der Waals surface area contributed by atoms with Gasteiger partial charge in [0.15, 0.2) is 17.5 Å². The Morgan fingerprint density at radius 1 is 0.286 bits per heavy atom. The lowest BCUT2D eigenvalue weighted by Gasteiger charge is -2.10. The van der Waals surface area contributed by atoms with Crippen LogP contribution in [0.2, 0.25) is 0 Å². The van der Waals surface area contributed by atoms with E-state index in [4.69, 9.17) is 15.0 Å². The van der Waals surface area contributed by atoms with Crippen LogP contribution in [0.15, 0.2) is 158 Å². The third kappa shape index (κ3) is 5.34. The predicted octanol–water partition coefficient (Wildman–Crippen LogP) is 9.27. The van der Waals surface area contributed by atoms with Gasteiger partial charge in [-0.15, -0.1) is 0 Å². The first-order chi connectivity index (χ1) is 20.8. The Morgan fingerprint density at radius 3 is 1.21 bits per heavy atom. The zero-order valence-electron chi connectivity index (χ0n) is 22.8. The van der Waals surface area contributed by atoms with Crippen molar-refractivity contribution in [3.8, 4) is 67.5 Å². The van der Waals surface area contributed by atoms with Gasteiger partial charge in [-0.2, -0.15) is 0 Å². The number of aromatic nitrogens is 4. The third-order valence-electron chi connectivity index (χ3n) is 7.23. The lowest BCUT2D eigenvalue weighted by Crippen LogP contribution is -2.00. The van der Waals surface area contributed by atoms with E-state index in [9.17, 15) is 0 Å². The number of hydrogen-bond acceptors (Lipinski definition) is 4. The second kappa shape index (κ2) is 11.4. The summed E-state index contributed by atoms with van der Waals surface area (Å²) in [5, 5.41) is 0. The predicted molar refractivity (Wildman–Crippen MR) is 170 cm³/mol. The summed E-state index contributed by atoms with van der Waals surface area (Å²) < 4.78 is 0. The maximum atomic E-state index is 4.91. The molecule has 0 aliphatic carbocycles. The van der Waals surface area contributed by atoms with Crippen LogP contribution >= 0.6 is 0 Å². The minimum absolute atomic E-state index is 0.645. The first kappa shape index (κ1) is 25.2. The van der Waals surface area contributed by atoms with E-state index in [0.29, 0.717) is 17.5 Å². The van der Waals surface area contributed by atoms with Crippen LogP contribution in [0.4, 0.5) is 0 Å². The molecule has 0 saturated heterocycles. The van der Waals surface area contributed by atoms with Gasteiger partial charge < -0.3 is 0 Å². The van der Waals surface area contributed by atoms with Crippen molar-refractivity contribution in [3.63, 3.8) is 0 Å². The van der Waals surface area contributed by atoms with Gasteiger partial charge in [-0.1, -0.05) is 127 Å². The molecule has 0 bridgehead atoms. The molecule has 4 heteroatoms.